The lowest BCUT2D eigenvalue weighted by atomic mass is 10.2. The molecular weight excluding hydrogens is 228 g/mol. The summed E-state index contributed by atoms with van der Waals surface area (Å²) in [5.41, 5.74) is 5.75. The molecule has 0 saturated heterocycles. The first kappa shape index (κ1) is 15.3. The Kier molecular flexibility index (Phi) is 7.73. The molecule has 90 valence electrons. The molecule has 0 bridgehead atoms. The molecule has 0 rings (SSSR count). The molecule has 1 unspecified atom stereocenters. The van der Waals surface area contributed by atoms with Crippen molar-refractivity contribution in [3.05, 3.63) is 0 Å². The Morgan fingerprint density at radius 1 is 1.33 bits per heavy atom. The summed E-state index contributed by atoms with van der Waals surface area (Å²) in [6.07, 6.45) is 4.13. The normalized spacial score (nSPS) is 15.3. The highest BCUT2D eigenvalue weighted by Crippen LogP contribution is 2.13. The van der Waals surface area contributed by atoms with Gasteiger partial charge in [0.15, 0.2) is 0 Å². The lowest BCUT2D eigenvalue weighted by molar-refractivity contribution is -0.0421. The molecule has 0 aromatic rings. The van der Waals surface area contributed by atoms with Gasteiger partial charge in [0.25, 0.3) is 0 Å². The van der Waals surface area contributed by atoms with Crippen molar-refractivity contribution in [3.63, 3.8) is 0 Å². The van der Waals surface area contributed by atoms with Gasteiger partial charge in [-0.05, 0) is 12.8 Å². The standard InChI is InChI=1S/C10H22N2OS2/c1-3-5-7-12(8-6-4-2)10(11,13)9(14)15/h13H,3-8,11H2,1-2H3,(H,14,15). The first-order valence-corrected chi connectivity index (χ1v) is 6.32. The van der Waals surface area contributed by atoms with Gasteiger partial charge >= 0.3 is 0 Å². The molecule has 0 radical (unpaired) electrons. The summed E-state index contributed by atoms with van der Waals surface area (Å²) in [6.45, 7) is 5.72. The molecule has 0 aliphatic rings. The zero-order chi connectivity index (χ0) is 11.9. The van der Waals surface area contributed by atoms with Crippen LogP contribution in [0.3, 0.4) is 0 Å². The Balaban J connectivity index is 4.38. The van der Waals surface area contributed by atoms with Gasteiger partial charge in [-0.15, -0.1) is 12.6 Å². The van der Waals surface area contributed by atoms with Crippen LogP contribution < -0.4 is 5.73 Å². The highest BCUT2D eigenvalue weighted by atomic mass is 32.1. The van der Waals surface area contributed by atoms with Crippen LogP contribution in [0, 0.1) is 0 Å². The minimum Gasteiger partial charge on any atom is -0.358 e. The third kappa shape index (κ3) is 5.26. The van der Waals surface area contributed by atoms with Gasteiger partial charge in [-0.3, -0.25) is 10.6 Å². The van der Waals surface area contributed by atoms with Gasteiger partial charge in [-0.1, -0.05) is 38.9 Å². The van der Waals surface area contributed by atoms with E-state index < -0.39 is 5.85 Å². The van der Waals surface area contributed by atoms with E-state index in [1.54, 1.807) is 4.90 Å². The fraction of sp³-hybridized carbons (Fsp3) is 0.900. The van der Waals surface area contributed by atoms with E-state index in [2.05, 4.69) is 26.5 Å². The maximum atomic E-state index is 9.99. The van der Waals surface area contributed by atoms with Crippen LogP contribution >= 0.6 is 24.8 Å². The largest absolute Gasteiger partial charge is 0.358 e. The van der Waals surface area contributed by atoms with E-state index in [0.717, 1.165) is 38.8 Å². The predicted octanol–water partition coefficient (Wildman–Crippen LogP) is 1.75. The van der Waals surface area contributed by atoms with E-state index in [-0.39, 0.29) is 4.20 Å². The van der Waals surface area contributed by atoms with Crippen molar-refractivity contribution >= 4 is 29.0 Å². The molecule has 0 heterocycles. The van der Waals surface area contributed by atoms with E-state index in [0.29, 0.717) is 0 Å². The molecule has 0 saturated carbocycles. The summed E-state index contributed by atoms with van der Waals surface area (Å²) in [5, 5.41) is 9.99. The quantitative estimate of drug-likeness (QED) is 0.349. The molecule has 0 fully saturated rings. The van der Waals surface area contributed by atoms with Gasteiger partial charge in [0.1, 0.15) is 4.20 Å². The second kappa shape index (κ2) is 7.57. The van der Waals surface area contributed by atoms with Crippen LogP contribution in [0.1, 0.15) is 39.5 Å². The number of thiocarbonyl (C=S) groups is 1. The average molecular weight is 250 g/mol. The van der Waals surface area contributed by atoms with Crippen molar-refractivity contribution in [1.82, 2.24) is 4.90 Å². The SMILES string of the molecule is CCCCN(CCCC)C(N)(O)C(=S)S. The molecule has 3 nitrogen and oxygen atoms in total. The van der Waals surface area contributed by atoms with Gasteiger partial charge in [0.2, 0.25) is 5.85 Å². The zero-order valence-electron chi connectivity index (χ0n) is 9.57. The van der Waals surface area contributed by atoms with Crippen LogP contribution in [0.2, 0.25) is 0 Å². The lowest BCUT2D eigenvalue weighted by Crippen LogP contribution is -2.60. The van der Waals surface area contributed by atoms with Crippen molar-refractivity contribution in [2.45, 2.75) is 45.4 Å². The number of hydrogen-bond donors (Lipinski definition) is 3. The Hall–Kier alpha value is 0.320. The summed E-state index contributed by atoms with van der Waals surface area (Å²) < 4.78 is 0.134. The highest BCUT2D eigenvalue weighted by Gasteiger charge is 2.31. The number of nitrogens with zero attached hydrogens (tertiary/aromatic N) is 1. The molecular formula is C10H22N2OS2. The first-order chi connectivity index (χ1) is 6.96. The van der Waals surface area contributed by atoms with Crippen molar-refractivity contribution in [1.29, 1.82) is 0 Å². The van der Waals surface area contributed by atoms with Crippen LogP contribution in [0.4, 0.5) is 0 Å². The predicted molar refractivity (Wildman–Crippen MR) is 72.1 cm³/mol. The number of aliphatic hydroxyl groups is 1. The summed E-state index contributed by atoms with van der Waals surface area (Å²) in [5.74, 6) is -1.55. The number of unbranched alkanes of at least 4 members (excludes halogenated alkanes) is 2. The topological polar surface area (TPSA) is 49.5 Å². The summed E-state index contributed by atoms with van der Waals surface area (Å²) in [4.78, 5) is 1.80. The maximum Gasteiger partial charge on any atom is 0.215 e. The van der Waals surface area contributed by atoms with Crippen LogP contribution in [0.25, 0.3) is 0 Å². The van der Waals surface area contributed by atoms with E-state index in [1.807, 2.05) is 0 Å². The third-order valence-electron chi connectivity index (χ3n) is 2.36. The number of hydrogen-bond acceptors (Lipinski definition) is 4. The molecule has 1 atom stereocenters. The molecule has 0 aromatic heterocycles. The zero-order valence-corrected chi connectivity index (χ0v) is 11.3. The van der Waals surface area contributed by atoms with Crippen LogP contribution in [0.15, 0.2) is 0 Å². The second-order valence-corrected chi connectivity index (χ2v) is 4.88. The molecule has 3 N–H and O–H groups in total. The summed E-state index contributed by atoms with van der Waals surface area (Å²) in [7, 11) is 0. The summed E-state index contributed by atoms with van der Waals surface area (Å²) >= 11 is 8.83. The van der Waals surface area contributed by atoms with Gasteiger partial charge in [-0.25, -0.2) is 0 Å². The molecule has 5 heteroatoms. The maximum absolute atomic E-state index is 9.99. The lowest BCUT2D eigenvalue weighted by Gasteiger charge is -2.35. The van der Waals surface area contributed by atoms with Crippen molar-refractivity contribution in [3.8, 4) is 0 Å². The third-order valence-corrected chi connectivity index (χ3v) is 2.99. The number of thiol groups is 1. The summed E-state index contributed by atoms with van der Waals surface area (Å²) in [6, 6.07) is 0. The minimum absolute atomic E-state index is 0.134. The van der Waals surface area contributed by atoms with E-state index in [9.17, 15) is 5.11 Å². The van der Waals surface area contributed by atoms with E-state index in [4.69, 9.17) is 18.0 Å². The molecule has 0 spiro atoms. The van der Waals surface area contributed by atoms with Crippen molar-refractivity contribution in [2.75, 3.05) is 13.1 Å². The number of rotatable bonds is 8. The van der Waals surface area contributed by atoms with E-state index in [1.165, 1.54) is 0 Å². The van der Waals surface area contributed by atoms with Gasteiger partial charge in [0, 0.05) is 13.1 Å². The van der Waals surface area contributed by atoms with Gasteiger partial charge < -0.3 is 5.11 Å². The number of nitrogens with two attached hydrogens (primary N) is 1. The second-order valence-electron chi connectivity index (χ2n) is 3.73. The molecule has 15 heavy (non-hydrogen) atoms. The Morgan fingerprint density at radius 2 is 1.73 bits per heavy atom. The van der Waals surface area contributed by atoms with Crippen LogP contribution in [-0.2, 0) is 0 Å². The Bertz CT molecular complexity index is 190. The van der Waals surface area contributed by atoms with Crippen LogP contribution in [0.5, 0.6) is 0 Å². The van der Waals surface area contributed by atoms with Crippen molar-refractivity contribution < 1.29 is 5.11 Å². The average Bonchev–Trinajstić information content (AvgIpc) is 2.17. The monoisotopic (exact) mass is 250 g/mol. The smallest absolute Gasteiger partial charge is 0.215 e. The fourth-order valence-electron chi connectivity index (χ4n) is 1.29. The fourth-order valence-corrected chi connectivity index (χ4v) is 1.56. The van der Waals surface area contributed by atoms with Crippen LogP contribution in [-0.4, -0.2) is 33.1 Å². The van der Waals surface area contributed by atoms with Crippen molar-refractivity contribution in [2.24, 2.45) is 5.73 Å². The molecule has 0 aromatic carbocycles. The molecule has 0 aliphatic carbocycles. The van der Waals surface area contributed by atoms with Gasteiger partial charge in [-0.2, -0.15) is 0 Å². The minimum atomic E-state index is -1.55. The molecule has 0 amide bonds. The Labute approximate surface area is 103 Å². The first-order valence-electron chi connectivity index (χ1n) is 5.46. The van der Waals surface area contributed by atoms with Gasteiger partial charge in [0.05, 0.1) is 0 Å². The Morgan fingerprint density at radius 3 is 2.00 bits per heavy atom. The molecule has 0 aliphatic heterocycles. The highest BCUT2D eigenvalue weighted by molar-refractivity contribution is 8.11. The van der Waals surface area contributed by atoms with E-state index >= 15 is 0 Å².